The highest BCUT2D eigenvalue weighted by atomic mass is 15.2. The summed E-state index contributed by atoms with van der Waals surface area (Å²) < 4.78 is 0. The SMILES string of the molecule is C1=CC2C(N(c3ccc(-c4ccc5ccccc5c4)cc3)c3ccc(-c4cc(-c5cccc6ccccc56)ccc4-c4ccccc4)cc3)=Cc3ccccc3C2C=C1. The second-order valence-corrected chi connectivity index (χ2v) is 15.7. The summed E-state index contributed by atoms with van der Waals surface area (Å²) in [6.45, 7) is 0. The van der Waals surface area contributed by atoms with Crippen LogP contribution in [0.5, 0.6) is 0 Å². The Kier molecular flexibility index (Phi) is 8.71. The van der Waals surface area contributed by atoms with Gasteiger partial charge in [-0.05, 0) is 120 Å². The minimum Gasteiger partial charge on any atom is -0.314 e. The highest BCUT2D eigenvalue weighted by Crippen LogP contribution is 2.47. The molecule has 0 aromatic heterocycles. The number of hydrogen-bond acceptors (Lipinski definition) is 1. The molecule has 0 fully saturated rings. The van der Waals surface area contributed by atoms with Crippen LogP contribution >= 0.6 is 0 Å². The lowest BCUT2D eigenvalue weighted by molar-refractivity contribution is 0.643. The molecule has 0 radical (unpaired) electrons. The maximum absolute atomic E-state index is 2.48. The first-order valence-electron chi connectivity index (χ1n) is 20.6. The highest BCUT2D eigenvalue weighted by molar-refractivity contribution is 5.99. The molecule has 0 N–H and O–H groups in total. The van der Waals surface area contributed by atoms with Gasteiger partial charge >= 0.3 is 0 Å². The lowest BCUT2D eigenvalue weighted by Gasteiger charge is -2.39. The van der Waals surface area contributed by atoms with E-state index in [9.17, 15) is 0 Å². The number of anilines is 2. The predicted molar refractivity (Wildman–Crippen MR) is 251 cm³/mol. The van der Waals surface area contributed by atoms with Crippen LogP contribution in [0.1, 0.15) is 17.0 Å². The van der Waals surface area contributed by atoms with Gasteiger partial charge < -0.3 is 4.90 Å². The summed E-state index contributed by atoms with van der Waals surface area (Å²) in [6, 6.07) is 75.6. The predicted octanol–water partition coefficient (Wildman–Crippen LogP) is 15.7. The summed E-state index contributed by atoms with van der Waals surface area (Å²) in [6.07, 6.45) is 11.6. The maximum Gasteiger partial charge on any atom is 0.0459 e. The first kappa shape index (κ1) is 34.7. The van der Waals surface area contributed by atoms with Crippen LogP contribution in [0.3, 0.4) is 0 Å². The molecule has 0 saturated carbocycles. The third-order valence-electron chi connectivity index (χ3n) is 12.2. The molecule has 2 unspecified atom stereocenters. The van der Waals surface area contributed by atoms with Crippen LogP contribution in [0.4, 0.5) is 11.4 Å². The Hall–Kier alpha value is -7.48. The Bertz CT molecular complexity index is 3090. The van der Waals surface area contributed by atoms with Crippen molar-refractivity contribution in [2.45, 2.75) is 5.92 Å². The lowest BCUT2D eigenvalue weighted by Crippen LogP contribution is -2.28. The molecule has 2 atom stereocenters. The minimum atomic E-state index is 0.191. The topological polar surface area (TPSA) is 3.24 Å². The van der Waals surface area contributed by atoms with Crippen molar-refractivity contribution in [2.75, 3.05) is 4.90 Å². The summed E-state index contributed by atoms with van der Waals surface area (Å²) in [7, 11) is 0. The molecule has 0 heterocycles. The third-order valence-corrected chi connectivity index (χ3v) is 12.2. The van der Waals surface area contributed by atoms with Gasteiger partial charge in [0.25, 0.3) is 0 Å². The van der Waals surface area contributed by atoms with E-state index in [4.69, 9.17) is 0 Å². The Morgan fingerprint density at radius 1 is 0.339 bits per heavy atom. The molecule has 0 amide bonds. The van der Waals surface area contributed by atoms with E-state index < -0.39 is 0 Å². The van der Waals surface area contributed by atoms with Crippen LogP contribution in [0.2, 0.25) is 0 Å². The van der Waals surface area contributed by atoms with Crippen molar-refractivity contribution in [2.24, 2.45) is 5.92 Å². The molecule has 0 aliphatic heterocycles. The molecule has 0 saturated heterocycles. The Morgan fingerprint density at radius 3 is 1.76 bits per heavy atom. The van der Waals surface area contributed by atoms with Crippen LogP contribution in [0.25, 0.3) is 72.1 Å². The second kappa shape index (κ2) is 14.8. The fourth-order valence-corrected chi connectivity index (χ4v) is 9.31. The van der Waals surface area contributed by atoms with Crippen molar-refractivity contribution in [3.05, 3.63) is 247 Å². The fourth-order valence-electron chi connectivity index (χ4n) is 9.31. The fraction of sp³-hybridized carbons (Fsp3) is 0.0345. The number of rotatable bonds is 7. The molecule has 59 heavy (non-hydrogen) atoms. The average Bonchev–Trinajstić information content (AvgIpc) is 3.32. The zero-order chi connectivity index (χ0) is 39.1. The highest BCUT2D eigenvalue weighted by Gasteiger charge is 2.33. The van der Waals surface area contributed by atoms with Gasteiger partial charge in [0.1, 0.15) is 0 Å². The quantitative estimate of drug-likeness (QED) is 0.157. The van der Waals surface area contributed by atoms with Gasteiger partial charge in [-0.1, -0.05) is 194 Å². The minimum absolute atomic E-state index is 0.191. The molecular weight excluding hydrogens is 711 g/mol. The molecule has 1 nitrogen and oxygen atoms in total. The van der Waals surface area contributed by atoms with Crippen LogP contribution in [-0.2, 0) is 0 Å². The molecule has 9 aromatic carbocycles. The van der Waals surface area contributed by atoms with E-state index in [1.807, 2.05) is 0 Å². The van der Waals surface area contributed by atoms with E-state index in [2.05, 4.69) is 242 Å². The molecule has 11 rings (SSSR count). The molecule has 0 bridgehead atoms. The van der Waals surface area contributed by atoms with E-state index in [-0.39, 0.29) is 11.8 Å². The van der Waals surface area contributed by atoms with E-state index in [0.717, 1.165) is 11.4 Å². The molecular formula is C58H41N. The third kappa shape index (κ3) is 6.38. The molecule has 278 valence electrons. The zero-order valence-electron chi connectivity index (χ0n) is 32.6. The smallest absolute Gasteiger partial charge is 0.0459 e. The zero-order valence-corrected chi connectivity index (χ0v) is 32.6. The number of allylic oxidation sites excluding steroid dienone is 4. The first-order valence-corrected chi connectivity index (χ1v) is 20.6. The number of hydrogen-bond donors (Lipinski definition) is 0. The maximum atomic E-state index is 2.48. The van der Waals surface area contributed by atoms with Gasteiger partial charge in [0.15, 0.2) is 0 Å². The number of fused-ring (bicyclic) bond motifs is 5. The van der Waals surface area contributed by atoms with Crippen molar-refractivity contribution in [1.82, 2.24) is 0 Å². The summed E-state index contributed by atoms with van der Waals surface area (Å²) in [5.74, 6) is 0.455. The number of nitrogens with zero attached hydrogens (tertiary/aromatic N) is 1. The van der Waals surface area contributed by atoms with Crippen LogP contribution in [-0.4, -0.2) is 0 Å². The van der Waals surface area contributed by atoms with Gasteiger partial charge in [-0.15, -0.1) is 0 Å². The molecule has 0 spiro atoms. The normalized spacial score (nSPS) is 15.4. The summed E-state index contributed by atoms with van der Waals surface area (Å²) in [5, 5.41) is 5.02. The van der Waals surface area contributed by atoms with Crippen molar-refractivity contribution >= 4 is 39.0 Å². The Morgan fingerprint density at radius 2 is 0.949 bits per heavy atom. The van der Waals surface area contributed by atoms with Crippen molar-refractivity contribution in [3.63, 3.8) is 0 Å². The van der Waals surface area contributed by atoms with Crippen molar-refractivity contribution in [1.29, 1.82) is 0 Å². The van der Waals surface area contributed by atoms with Crippen LogP contribution in [0.15, 0.2) is 236 Å². The van der Waals surface area contributed by atoms with Gasteiger partial charge in [0.05, 0.1) is 0 Å². The lowest BCUT2D eigenvalue weighted by atomic mass is 9.74. The summed E-state index contributed by atoms with van der Waals surface area (Å²) >= 11 is 0. The Labute approximate surface area is 346 Å². The average molecular weight is 752 g/mol. The molecule has 1 heteroatoms. The largest absolute Gasteiger partial charge is 0.314 e. The van der Waals surface area contributed by atoms with Gasteiger partial charge in [-0.25, -0.2) is 0 Å². The van der Waals surface area contributed by atoms with Gasteiger partial charge in [0, 0.05) is 28.9 Å². The standard InChI is InChI=1S/C58H41N/c1-2-14-42(15-3-1)54-36-31-48(52-24-12-19-43-16-6-8-20-51(43)52)38-57(54)44-29-34-50(35-30-44)59(58-39-47-18-7-9-21-53(47)55-22-10-11-23-56(55)58)49-32-27-41(28-33-49)46-26-25-40-13-4-5-17-45(40)37-46/h1-39,55-56H. The van der Waals surface area contributed by atoms with Crippen LogP contribution < -0.4 is 4.90 Å². The van der Waals surface area contributed by atoms with Crippen LogP contribution in [0, 0.1) is 5.92 Å². The first-order chi connectivity index (χ1) is 29.2. The van der Waals surface area contributed by atoms with E-state index in [0.29, 0.717) is 0 Å². The number of benzene rings is 9. The molecule has 9 aromatic rings. The van der Waals surface area contributed by atoms with Crippen molar-refractivity contribution < 1.29 is 0 Å². The van der Waals surface area contributed by atoms with Gasteiger partial charge in [-0.2, -0.15) is 0 Å². The van der Waals surface area contributed by atoms with E-state index in [1.54, 1.807) is 0 Å². The summed E-state index contributed by atoms with van der Waals surface area (Å²) in [4.78, 5) is 2.48. The second-order valence-electron chi connectivity index (χ2n) is 15.7. The van der Waals surface area contributed by atoms with Crippen molar-refractivity contribution in [3.8, 4) is 44.5 Å². The van der Waals surface area contributed by atoms with E-state index in [1.165, 1.54) is 82.9 Å². The van der Waals surface area contributed by atoms with Gasteiger partial charge in [-0.3, -0.25) is 0 Å². The monoisotopic (exact) mass is 751 g/mol. The summed E-state index contributed by atoms with van der Waals surface area (Å²) in [5.41, 5.74) is 15.9. The Balaban J connectivity index is 1.04. The van der Waals surface area contributed by atoms with Gasteiger partial charge in [0.2, 0.25) is 0 Å². The van der Waals surface area contributed by atoms with E-state index >= 15 is 0 Å². The molecule has 2 aliphatic carbocycles. The molecule has 2 aliphatic rings.